The van der Waals surface area contributed by atoms with Crippen LogP contribution in [0.25, 0.3) is 0 Å². The van der Waals surface area contributed by atoms with Gasteiger partial charge in [0.2, 0.25) is 0 Å². The Balaban J connectivity index is 3.56. The Morgan fingerprint density at radius 1 is 1.60 bits per heavy atom. The van der Waals surface area contributed by atoms with Crippen molar-refractivity contribution in [2.75, 3.05) is 6.54 Å². The van der Waals surface area contributed by atoms with E-state index in [9.17, 15) is 4.79 Å². The van der Waals surface area contributed by atoms with E-state index in [-0.39, 0.29) is 18.7 Å². The molecule has 0 aliphatic heterocycles. The zero-order chi connectivity index (χ0) is 8.15. The number of aliphatic hydroxyl groups excluding tert-OH is 2. The van der Waals surface area contributed by atoms with Crippen molar-refractivity contribution >= 4 is 5.78 Å². The third-order valence-corrected chi connectivity index (χ3v) is 1.24. The molecule has 1 unspecified atom stereocenters. The number of Topliss-reactive ketones (excluding diaryl/α,β-unsaturated/α-hetero) is 1. The number of hydrogen-bond acceptors (Lipinski definition) is 4. The molecule has 0 saturated carbocycles. The predicted molar refractivity (Wildman–Crippen MR) is 36.4 cm³/mol. The highest BCUT2D eigenvalue weighted by Crippen LogP contribution is 1.97. The van der Waals surface area contributed by atoms with Gasteiger partial charge in [-0.25, -0.2) is 0 Å². The average molecular weight is 147 g/mol. The first-order valence-corrected chi connectivity index (χ1v) is 3.14. The van der Waals surface area contributed by atoms with Crippen LogP contribution in [-0.2, 0) is 4.79 Å². The summed E-state index contributed by atoms with van der Waals surface area (Å²) >= 11 is 0. The van der Waals surface area contributed by atoms with Crippen LogP contribution in [0, 0.1) is 0 Å². The molecule has 0 aromatic carbocycles. The van der Waals surface area contributed by atoms with Crippen molar-refractivity contribution in [2.45, 2.75) is 25.6 Å². The van der Waals surface area contributed by atoms with Gasteiger partial charge in [-0.05, 0) is 6.92 Å². The Hall–Kier alpha value is -0.450. The highest BCUT2D eigenvalue weighted by Gasteiger charge is 2.13. The maximum atomic E-state index is 10.4. The monoisotopic (exact) mass is 147 g/mol. The predicted octanol–water partition coefficient (Wildman–Crippen LogP) is -1.35. The summed E-state index contributed by atoms with van der Waals surface area (Å²) in [5, 5.41) is 17.7. The molecule has 0 aromatic rings. The van der Waals surface area contributed by atoms with Gasteiger partial charge in [-0.15, -0.1) is 0 Å². The Labute approximate surface area is 59.7 Å². The van der Waals surface area contributed by atoms with Crippen LogP contribution in [0.3, 0.4) is 0 Å². The van der Waals surface area contributed by atoms with E-state index in [2.05, 4.69) is 0 Å². The lowest BCUT2D eigenvalue weighted by molar-refractivity contribution is -0.126. The fourth-order valence-corrected chi connectivity index (χ4v) is 0.520. The van der Waals surface area contributed by atoms with Gasteiger partial charge in [0.15, 0.2) is 5.78 Å². The molecule has 0 bridgehead atoms. The molecule has 10 heavy (non-hydrogen) atoms. The van der Waals surface area contributed by atoms with Gasteiger partial charge in [0.25, 0.3) is 0 Å². The normalized spacial score (nSPS) is 16.4. The van der Waals surface area contributed by atoms with E-state index in [1.165, 1.54) is 6.92 Å². The van der Waals surface area contributed by atoms with Gasteiger partial charge in [-0.3, -0.25) is 4.79 Å². The molecular formula is C6H13NO3. The van der Waals surface area contributed by atoms with E-state index in [4.69, 9.17) is 15.9 Å². The maximum Gasteiger partial charge on any atom is 0.158 e. The molecule has 0 aromatic heterocycles. The lowest BCUT2D eigenvalue weighted by Gasteiger charge is -2.10. The smallest absolute Gasteiger partial charge is 0.158 e. The first-order valence-electron chi connectivity index (χ1n) is 3.14. The second-order valence-electron chi connectivity index (χ2n) is 2.25. The van der Waals surface area contributed by atoms with Gasteiger partial charge in [-0.2, -0.15) is 0 Å². The molecule has 0 amide bonds. The Morgan fingerprint density at radius 2 is 2.10 bits per heavy atom. The van der Waals surface area contributed by atoms with Gasteiger partial charge < -0.3 is 15.9 Å². The maximum absolute atomic E-state index is 10.4. The SMILES string of the molecule is CC(=O)[C@@H](O)CC(O)CN. The summed E-state index contributed by atoms with van der Waals surface area (Å²) in [6.07, 6.45) is -1.82. The minimum Gasteiger partial charge on any atom is -0.392 e. The van der Waals surface area contributed by atoms with Crippen LogP contribution in [0.5, 0.6) is 0 Å². The molecule has 0 rings (SSSR count). The zero-order valence-electron chi connectivity index (χ0n) is 5.95. The van der Waals surface area contributed by atoms with Crippen molar-refractivity contribution in [3.8, 4) is 0 Å². The van der Waals surface area contributed by atoms with Gasteiger partial charge in [-0.1, -0.05) is 0 Å². The van der Waals surface area contributed by atoms with Crippen LogP contribution in [0.2, 0.25) is 0 Å². The van der Waals surface area contributed by atoms with E-state index < -0.39 is 12.2 Å². The lowest BCUT2D eigenvalue weighted by Crippen LogP contribution is -2.28. The molecule has 4 N–H and O–H groups in total. The average Bonchev–Trinajstić information content (AvgIpc) is 1.87. The van der Waals surface area contributed by atoms with Crippen LogP contribution < -0.4 is 5.73 Å². The van der Waals surface area contributed by atoms with Gasteiger partial charge >= 0.3 is 0 Å². The Kier molecular flexibility index (Phi) is 4.18. The Bertz CT molecular complexity index is 116. The molecule has 0 heterocycles. The quantitative estimate of drug-likeness (QED) is 0.459. The molecule has 4 heteroatoms. The third kappa shape index (κ3) is 3.55. The second kappa shape index (κ2) is 4.38. The number of carbonyl (C=O) groups excluding carboxylic acids is 1. The summed E-state index contributed by atoms with van der Waals surface area (Å²) in [4.78, 5) is 10.4. The summed E-state index contributed by atoms with van der Waals surface area (Å²) in [5.74, 6) is -0.340. The number of rotatable bonds is 4. The molecule has 0 saturated heterocycles. The minimum absolute atomic E-state index is 0.0336. The van der Waals surface area contributed by atoms with Crippen molar-refractivity contribution < 1.29 is 15.0 Å². The summed E-state index contributed by atoms with van der Waals surface area (Å²) in [7, 11) is 0. The van der Waals surface area contributed by atoms with Crippen molar-refractivity contribution in [2.24, 2.45) is 5.73 Å². The fraction of sp³-hybridized carbons (Fsp3) is 0.833. The molecular weight excluding hydrogens is 134 g/mol. The highest BCUT2D eigenvalue weighted by atomic mass is 16.3. The molecule has 0 aliphatic rings. The first kappa shape index (κ1) is 9.55. The summed E-state index contributed by atoms with van der Waals surface area (Å²) in [6.45, 7) is 1.35. The van der Waals surface area contributed by atoms with Gasteiger partial charge in [0.05, 0.1) is 6.10 Å². The van der Waals surface area contributed by atoms with Crippen molar-refractivity contribution in [1.82, 2.24) is 0 Å². The Morgan fingerprint density at radius 3 is 2.40 bits per heavy atom. The summed E-state index contributed by atoms with van der Waals surface area (Å²) in [6, 6.07) is 0. The van der Waals surface area contributed by atoms with E-state index in [0.29, 0.717) is 0 Å². The van der Waals surface area contributed by atoms with Crippen molar-refractivity contribution in [3.05, 3.63) is 0 Å². The molecule has 4 nitrogen and oxygen atoms in total. The topological polar surface area (TPSA) is 83.5 Å². The summed E-state index contributed by atoms with van der Waals surface area (Å²) < 4.78 is 0. The van der Waals surface area contributed by atoms with Crippen LogP contribution in [-0.4, -0.2) is 34.7 Å². The van der Waals surface area contributed by atoms with E-state index in [1.54, 1.807) is 0 Å². The number of nitrogens with two attached hydrogens (primary N) is 1. The highest BCUT2D eigenvalue weighted by molar-refractivity contribution is 5.80. The van der Waals surface area contributed by atoms with Gasteiger partial charge in [0.1, 0.15) is 6.10 Å². The van der Waals surface area contributed by atoms with Crippen molar-refractivity contribution in [3.63, 3.8) is 0 Å². The van der Waals surface area contributed by atoms with E-state index >= 15 is 0 Å². The second-order valence-corrected chi connectivity index (χ2v) is 2.25. The van der Waals surface area contributed by atoms with Crippen LogP contribution in [0.15, 0.2) is 0 Å². The largest absolute Gasteiger partial charge is 0.392 e. The van der Waals surface area contributed by atoms with Crippen LogP contribution >= 0.6 is 0 Å². The standard InChI is InChI=1S/C6H13NO3/c1-4(8)6(10)2-5(9)3-7/h5-6,9-10H,2-3,7H2,1H3/t5?,6-/m0/s1. The van der Waals surface area contributed by atoms with Crippen molar-refractivity contribution in [1.29, 1.82) is 0 Å². The first-order chi connectivity index (χ1) is 4.57. The molecule has 60 valence electrons. The molecule has 0 fully saturated rings. The van der Waals surface area contributed by atoms with Gasteiger partial charge in [0, 0.05) is 13.0 Å². The number of carbonyl (C=O) groups is 1. The van der Waals surface area contributed by atoms with Crippen LogP contribution in [0.1, 0.15) is 13.3 Å². The minimum atomic E-state index is -1.07. The molecule has 0 aliphatic carbocycles. The molecule has 0 radical (unpaired) electrons. The van der Waals surface area contributed by atoms with E-state index in [0.717, 1.165) is 0 Å². The van der Waals surface area contributed by atoms with E-state index in [1.807, 2.05) is 0 Å². The third-order valence-electron chi connectivity index (χ3n) is 1.24. The lowest BCUT2D eigenvalue weighted by atomic mass is 10.1. The molecule has 0 spiro atoms. The summed E-state index contributed by atoms with van der Waals surface area (Å²) in [5.41, 5.74) is 5.05. The number of ketones is 1. The number of hydrogen-bond donors (Lipinski definition) is 3. The zero-order valence-corrected chi connectivity index (χ0v) is 5.95. The van der Waals surface area contributed by atoms with Crippen LogP contribution in [0.4, 0.5) is 0 Å². The number of aliphatic hydroxyl groups is 2. The fourth-order valence-electron chi connectivity index (χ4n) is 0.520. The molecule has 2 atom stereocenters.